The van der Waals surface area contributed by atoms with E-state index in [0.29, 0.717) is 21.7 Å². The van der Waals surface area contributed by atoms with Crippen LogP contribution in [0.25, 0.3) is 10.9 Å². The minimum atomic E-state index is -1.07. The van der Waals surface area contributed by atoms with E-state index >= 15 is 0 Å². The summed E-state index contributed by atoms with van der Waals surface area (Å²) in [4.78, 5) is 25.0. The van der Waals surface area contributed by atoms with Gasteiger partial charge < -0.3 is 14.8 Å². The highest BCUT2D eigenvalue weighted by Crippen LogP contribution is 2.29. The molecule has 0 amide bonds. The van der Waals surface area contributed by atoms with Crippen molar-refractivity contribution in [1.82, 2.24) is 4.98 Å². The fourth-order valence-corrected chi connectivity index (χ4v) is 1.95. The van der Waals surface area contributed by atoms with Crippen LogP contribution in [0.5, 0.6) is 5.75 Å². The number of hydrogen-bond donors (Lipinski definition) is 2. The van der Waals surface area contributed by atoms with Crippen LogP contribution in [-0.4, -0.2) is 23.2 Å². The Balaban J connectivity index is 2.74. The van der Waals surface area contributed by atoms with Gasteiger partial charge >= 0.3 is 5.97 Å². The summed E-state index contributed by atoms with van der Waals surface area (Å²) in [6.07, 6.45) is -0.348. The van der Waals surface area contributed by atoms with E-state index < -0.39 is 11.5 Å². The lowest BCUT2D eigenvalue weighted by Crippen LogP contribution is -2.16. The van der Waals surface area contributed by atoms with Crippen LogP contribution in [0.3, 0.4) is 0 Å². The molecule has 0 bridgehead atoms. The Hall–Kier alpha value is -2.01. The Labute approximate surface area is 107 Å². The summed E-state index contributed by atoms with van der Waals surface area (Å²) in [5.74, 6) is -0.591. The largest absolute Gasteiger partial charge is 0.495 e. The molecule has 1 aromatic heterocycles. The van der Waals surface area contributed by atoms with E-state index in [0.717, 1.165) is 0 Å². The van der Waals surface area contributed by atoms with Gasteiger partial charge in [0.2, 0.25) is 0 Å². The topological polar surface area (TPSA) is 79.4 Å². The first-order valence-electron chi connectivity index (χ1n) is 5.13. The van der Waals surface area contributed by atoms with Crippen LogP contribution >= 0.6 is 11.6 Å². The molecular weight excluding hydrogens is 258 g/mol. The number of rotatable bonds is 3. The van der Waals surface area contributed by atoms with Crippen LogP contribution in [0.4, 0.5) is 0 Å². The SMILES string of the molecule is COc1ccc(Cl)c2cc(CC(=O)O)c(=O)[nH]c12. The molecule has 2 N–H and O–H groups in total. The first kappa shape index (κ1) is 12.4. The molecule has 2 rings (SSSR count). The van der Waals surface area contributed by atoms with Gasteiger partial charge in [0.15, 0.2) is 0 Å². The van der Waals surface area contributed by atoms with Crippen LogP contribution < -0.4 is 10.3 Å². The number of benzene rings is 1. The third-order valence-corrected chi connectivity index (χ3v) is 2.89. The lowest BCUT2D eigenvalue weighted by Gasteiger charge is -2.07. The molecule has 0 unspecified atom stereocenters. The van der Waals surface area contributed by atoms with Crippen molar-refractivity contribution in [2.24, 2.45) is 0 Å². The van der Waals surface area contributed by atoms with E-state index in [4.69, 9.17) is 21.4 Å². The lowest BCUT2D eigenvalue weighted by molar-refractivity contribution is -0.136. The average molecular weight is 268 g/mol. The molecule has 0 atom stereocenters. The van der Waals surface area contributed by atoms with Crippen LogP contribution in [0.2, 0.25) is 5.02 Å². The molecule has 5 nitrogen and oxygen atoms in total. The van der Waals surface area contributed by atoms with E-state index in [1.165, 1.54) is 13.2 Å². The summed E-state index contributed by atoms with van der Waals surface area (Å²) < 4.78 is 5.11. The van der Waals surface area contributed by atoms with Crippen LogP contribution in [0.1, 0.15) is 5.56 Å². The number of nitrogens with one attached hydrogen (secondary N) is 1. The molecule has 18 heavy (non-hydrogen) atoms. The normalized spacial score (nSPS) is 10.6. The number of ether oxygens (including phenoxy) is 1. The highest BCUT2D eigenvalue weighted by Gasteiger charge is 2.11. The fourth-order valence-electron chi connectivity index (χ4n) is 1.74. The smallest absolute Gasteiger partial charge is 0.308 e. The summed E-state index contributed by atoms with van der Waals surface area (Å²) >= 11 is 6.02. The van der Waals surface area contributed by atoms with Gasteiger partial charge in [0.05, 0.1) is 24.1 Å². The van der Waals surface area contributed by atoms with E-state index in [-0.39, 0.29) is 12.0 Å². The highest BCUT2D eigenvalue weighted by molar-refractivity contribution is 6.35. The number of aromatic amines is 1. The van der Waals surface area contributed by atoms with Gasteiger partial charge in [-0.1, -0.05) is 11.6 Å². The quantitative estimate of drug-likeness (QED) is 0.889. The van der Waals surface area contributed by atoms with Gasteiger partial charge in [-0.2, -0.15) is 0 Å². The number of fused-ring (bicyclic) bond motifs is 1. The molecule has 1 aromatic carbocycles. The minimum Gasteiger partial charge on any atom is -0.495 e. The zero-order chi connectivity index (χ0) is 13.3. The zero-order valence-electron chi connectivity index (χ0n) is 9.49. The van der Waals surface area contributed by atoms with Crippen LogP contribution in [-0.2, 0) is 11.2 Å². The monoisotopic (exact) mass is 267 g/mol. The Morgan fingerprint density at radius 2 is 2.22 bits per heavy atom. The third kappa shape index (κ3) is 2.17. The zero-order valence-corrected chi connectivity index (χ0v) is 10.2. The van der Waals surface area contributed by atoms with Gasteiger partial charge in [0.25, 0.3) is 5.56 Å². The van der Waals surface area contributed by atoms with E-state index in [2.05, 4.69) is 4.98 Å². The van der Waals surface area contributed by atoms with Crippen molar-refractivity contribution >= 4 is 28.5 Å². The minimum absolute atomic E-state index is 0.158. The second-order valence-electron chi connectivity index (χ2n) is 3.73. The van der Waals surface area contributed by atoms with Gasteiger partial charge in [-0.3, -0.25) is 9.59 Å². The Morgan fingerprint density at radius 1 is 1.50 bits per heavy atom. The molecule has 0 saturated heterocycles. The highest BCUT2D eigenvalue weighted by atomic mass is 35.5. The van der Waals surface area contributed by atoms with Crippen molar-refractivity contribution < 1.29 is 14.6 Å². The second-order valence-corrected chi connectivity index (χ2v) is 4.14. The van der Waals surface area contributed by atoms with Crippen molar-refractivity contribution in [2.75, 3.05) is 7.11 Å². The molecule has 1 heterocycles. The van der Waals surface area contributed by atoms with E-state index in [1.54, 1.807) is 12.1 Å². The number of hydrogen-bond acceptors (Lipinski definition) is 3. The Morgan fingerprint density at radius 3 is 2.83 bits per heavy atom. The summed E-state index contributed by atoms with van der Waals surface area (Å²) in [6, 6.07) is 4.75. The number of methoxy groups -OCH3 is 1. The molecular formula is C12H10ClNO4. The summed E-state index contributed by atoms with van der Waals surface area (Å²) in [5.41, 5.74) is 0.166. The van der Waals surface area contributed by atoms with Gasteiger partial charge in [-0.05, 0) is 18.2 Å². The molecule has 0 saturated carbocycles. The van der Waals surface area contributed by atoms with Crippen molar-refractivity contribution in [1.29, 1.82) is 0 Å². The molecule has 0 aliphatic carbocycles. The average Bonchev–Trinajstić information content (AvgIpc) is 2.31. The number of halogens is 1. The van der Waals surface area contributed by atoms with Crippen molar-refractivity contribution in [3.8, 4) is 5.75 Å². The summed E-state index contributed by atoms with van der Waals surface area (Å²) in [6.45, 7) is 0. The van der Waals surface area contributed by atoms with Crippen molar-refractivity contribution in [3.63, 3.8) is 0 Å². The molecule has 0 fully saturated rings. The van der Waals surface area contributed by atoms with Gasteiger partial charge in [0.1, 0.15) is 5.75 Å². The second kappa shape index (κ2) is 4.70. The molecule has 94 valence electrons. The maximum atomic E-state index is 11.7. The lowest BCUT2D eigenvalue weighted by atomic mass is 10.1. The predicted octanol–water partition coefficient (Wildman–Crippen LogP) is 1.82. The predicted molar refractivity (Wildman–Crippen MR) is 67.5 cm³/mol. The van der Waals surface area contributed by atoms with E-state index in [1.807, 2.05) is 0 Å². The van der Waals surface area contributed by atoms with Crippen molar-refractivity contribution in [3.05, 3.63) is 39.1 Å². The van der Waals surface area contributed by atoms with Gasteiger partial charge in [0, 0.05) is 10.9 Å². The molecule has 6 heteroatoms. The fraction of sp³-hybridized carbons (Fsp3) is 0.167. The molecule has 0 spiro atoms. The summed E-state index contributed by atoms with van der Waals surface area (Å²) in [7, 11) is 1.48. The van der Waals surface area contributed by atoms with E-state index in [9.17, 15) is 9.59 Å². The van der Waals surface area contributed by atoms with Gasteiger partial charge in [-0.15, -0.1) is 0 Å². The first-order valence-corrected chi connectivity index (χ1v) is 5.51. The number of carboxylic acids is 1. The Bertz CT molecular complexity index is 678. The molecule has 0 radical (unpaired) electrons. The maximum absolute atomic E-state index is 11.7. The number of H-pyrrole nitrogens is 1. The summed E-state index contributed by atoms with van der Waals surface area (Å²) in [5, 5.41) is 9.71. The maximum Gasteiger partial charge on any atom is 0.308 e. The van der Waals surface area contributed by atoms with Gasteiger partial charge in [-0.25, -0.2) is 0 Å². The van der Waals surface area contributed by atoms with Crippen LogP contribution in [0.15, 0.2) is 23.0 Å². The van der Waals surface area contributed by atoms with Crippen LogP contribution in [0, 0.1) is 0 Å². The number of aromatic nitrogens is 1. The van der Waals surface area contributed by atoms with Crippen molar-refractivity contribution in [2.45, 2.75) is 6.42 Å². The number of carboxylic acid groups (broad SMARTS) is 1. The molecule has 0 aliphatic rings. The Kier molecular flexibility index (Phi) is 3.25. The third-order valence-electron chi connectivity index (χ3n) is 2.56. The number of aliphatic carboxylic acids is 1. The number of pyridine rings is 1. The first-order chi connectivity index (χ1) is 8.52. The molecule has 0 aliphatic heterocycles. The standard InChI is InChI=1S/C12H10ClNO4/c1-18-9-3-2-8(13)7-4-6(5-10(15)16)12(17)14-11(7)9/h2-4H,5H2,1H3,(H,14,17)(H,15,16). The number of carbonyl (C=O) groups is 1. The molecule has 2 aromatic rings.